The Morgan fingerprint density at radius 2 is 1.76 bits per heavy atom. The van der Waals surface area contributed by atoms with E-state index in [1.165, 1.54) is 0 Å². The van der Waals surface area contributed by atoms with Crippen LogP contribution in [0.4, 0.5) is 4.79 Å². The number of urea groups is 1. The summed E-state index contributed by atoms with van der Waals surface area (Å²) in [6, 6.07) is -0.436. The third-order valence-corrected chi connectivity index (χ3v) is 9.28. The molecular formula is C25H39N3O6. The second kappa shape index (κ2) is 8.17. The smallest absolute Gasteiger partial charge is 0.325 e. The molecule has 3 atom stereocenters. The Kier molecular flexibility index (Phi) is 5.77. The maximum atomic E-state index is 13.0. The molecule has 4 saturated heterocycles. The Bertz CT molecular complexity index is 861. The average Bonchev–Trinajstić information content (AvgIpc) is 3.48. The number of nitrogens with zero attached hydrogens (tertiary/aromatic N) is 2. The normalized spacial score (nSPS) is 36.5. The van der Waals surface area contributed by atoms with E-state index in [0.29, 0.717) is 39.0 Å². The monoisotopic (exact) mass is 477 g/mol. The van der Waals surface area contributed by atoms with Crippen molar-refractivity contribution in [2.75, 3.05) is 26.2 Å². The van der Waals surface area contributed by atoms with Crippen LogP contribution in [0.25, 0.3) is 0 Å². The summed E-state index contributed by atoms with van der Waals surface area (Å²) in [5.74, 6) is -0.403. The van der Waals surface area contributed by atoms with Gasteiger partial charge in [0.15, 0.2) is 0 Å². The molecule has 5 fully saturated rings. The van der Waals surface area contributed by atoms with Gasteiger partial charge in [0.05, 0.1) is 30.0 Å². The summed E-state index contributed by atoms with van der Waals surface area (Å²) in [5, 5.41) is 13.1. The van der Waals surface area contributed by atoms with Crippen LogP contribution in [0.1, 0.15) is 78.6 Å². The van der Waals surface area contributed by atoms with E-state index in [-0.39, 0.29) is 29.9 Å². The molecule has 0 radical (unpaired) electrons. The highest BCUT2D eigenvalue weighted by molar-refractivity contribution is 6.09. The molecule has 5 aliphatic rings. The maximum absolute atomic E-state index is 13.0. The minimum Gasteiger partial charge on any atom is -0.390 e. The van der Waals surface area contributed by atoms with Crippen molar-refractivity contribution in [3.8, 4) is 0 Å². The lowest BCUT2D eigenvalue weighted by molar-refractivity contribution is -0.245. The van der Waals surface area contributed by atoms with E-state index in [2.05, 4.69) is 12.2 Å². The summed E-state index contributed by atoms with van der Waals surface area (Å²) < 4.78 is 12.7. The van der Waals surface area contributed by atoms with E-state index in [0.717, 1.165) is 43.4 Å². The number of carbonyl (C=O) groups is 3. The lowest BCUT2D eigenvalue weighted by Crippen LogP contribution is -2.56. The molecule has 190 valence electrons. The molecule has 0 aromatic rings. The van der Waals surface area contributed by atoms with Crippen molar-refractivity contribution in [1.82, 2.24) is 15.1 Å². The molecule has 34 heavy (non-hydrogen) atoms. The Morgan fingerprint density at radius 1 is 1.09 bits per heavy atom. The van der Waals surface area contributed by atoms with Gasteiger partial charge in [-0.2, -0.15) is 0 Å². The molecule has 2 N–H and O–H groups in total. The summed E-state index contributed by atoms with van der Waals surface area (Å²) in [5.41, 5.74) is -1.79. The Labute approximate surface area is 201 Å². The van der Waals surface area contributed by atoms with Crippen LogP contribution < -0.4 is 5.32 Å². The van der Waals surface area contributed by atoms with Gasteiger partial charge in [0, 0.05) is 13.1 Å². The first-order chi connectivity index (χ1) is 16.0. The number of likely N-dealkylation sites (tertiary alicyclic amines) is 1. The number of carbonyl (C=O) groups excluding carboxylic acids is 3. The lowest BCUT2D eigenvalue weighted by Gasteiger charge is -2.48. The lowest BCUT2D eigenvalue weighted by atomic mass is 9.73. The van der Waals surface area contributed by atoms with Crippen molar-refractivity contribution in [2.24, 2.45) is 5.41 Å². The van der Waals surface area contributed by atoms with E-state index in [1.54, 1.807) is 4.90 Å². The highest BCUT2D eigenvalue weighted by Gasteiger charge is 2.55. The van der Waals surface area contributed by atoms with Gasteiger partial charge in [0.1, 0.15) is 12.1 Å². The molecule has 2 spiro atoms. The number of hydrogen-bond acceptors (Lipinski definition) is 6. The van der Waals surface area contributed by atoms with Crippen LogP contribution in [0.3, 0.4) is 0 Å². The summed E-state index contributed by atoms with van der Waals surface area (Å²) in [6.07, 6.45) is 6.67. The van der Waals surface area contributed by atoms with Crippen LogP contribution in [0, 0.1) is 5.41 Å². The van der Waals surface area contributed by atoms with Crippen molar-refractivity contribution >= 4 is 17.8 Å². The first-order valence-electron chi connectivity index (χ1n) is 12.9. The highest BCUT2D eigenvalue weighted by atomic mass is 16.6. The van der Waals surface area contributed by atoms with Crippen molar-refractivity contribution in [1.29, 1.82) is 0 Å². The number of piperidine rings is 1. The fourth-order valence-electron chi connectivity index (χ4n) is 6.85. The van der Waals surface area contributed by atoms with Gasteiger partial charge in [-0.3, -0.25) is 14.5 Å². The SMILES string of the molecule is CC1(C)O[C@@](C)([C@H]2CC3(CCN(C(=O)CN4C(=O)NC5(CCCC5)C4=O)CC3)CO2)CC[C@@H]1O. The second-order valence-electron chi connectivity index (χ2n) is 12.1. The predicted octanol–water partition coefficient (Wildman–Crippen LogP) is 1.96. The van der Waals surface area contributed by atoms with E-state index in [9.17, 15) is 19.5 Å². The van der Waals surface area contributed by atoms with Gasteiger partial charge in [-0.05, 0) is 71.1 Å². The number of amides is 4. The zero-order valence-electron chi connectivity index (χ0n) is 20.7. The van der Waals surface area contributed by atoms with Crippen LogP contribution in [0.2, 0.25) is 0 Å². The van der Waals surface area contributed by atoms with Gasteiger partial charge < -0.3 is 24.8 Å². The molecule has 5 rings (SSSR count). The molecule has 4 amide bonds. The molecule has 0 aromatic carbocycles. The van der Waals surface area contributed by atoms with Crippen molar-refractivity contribution in [2.45, 2.75) is 108 Å². The zero-order valence-corrected chi connectivity index (χ0v) is 20.7. The third kappa shape index (κ3) is 3.93. The highest BCUT2D eigenvalue weighted by Crippen LogP contribution is 2.49. The first-order valence-corrected chi connectivity index (χ1v) is 12.9. The van der Waals surface area contributed by atoms with Crippen molar-refractivity contribution in [3.05, 3.63) is 0 Å². The van der Waals surface area contributed by atoms with Crippen LogP contribution in [0.15, 0.2) is 0 Å². The van der Waals surface area contributed by atoms with Crippen LogP contribution >= 0.6 is 0 Å². The van der Waals surface area contributed by atoms with E-state index >= 15 is 0 Å². The van der Waals surface area contributed by atoms with Crippen LogP contribution in [0.5, 0.6) is 0 Å². The second-order valence-corrected chi connectivity index (χ2v) is 12.1. The quantitative estimate of drug-likeness (QED) is 0.602. The minimum atomic E-state index is -0.776. The summed E-state index contributed by atoms with van der Waals surface area (Å²) in [4.78, 5) is 41.2. The van der Waals surface area contributed by atoms with Crippen LogP contribution in [-0.4, -0.2) is 87.9 Å². The number of ether oxygens (including phenoxy) is 2. The summed E-state index contributed by atoms with van der Waals surface area (Å²) >= 11 is 0. The first kappa shape index (κ1) is 24.0. The Hall–Kier alpha value is -1.71. The molecular weight excluding hydrogens is 438 g/mol. The van der Waals surface area contributed by atoms with Gasteiger partial charge >= 0.3 is 6.03 Å². The number of aliphatic hydroxyl groups excluding tert-OH is 1. The van der Waals surface area contributed by atoms with Gasteiger partial charge in [0.25, 0.3) is 5.91 Å². The fraction of sp³-hybridized carbons (Fsp3) is 0.880. The molecule has 1 saturated carbocycles. The van der Waals surface area contributed by atoms with Gasteiger partial charge in [0.2, 0.25) is 5.91 Å². The number of imide groups is 1. The Morgan fingerprint density at radius 3 is 2.41 bits per heavy atom. The third-order valence-electron chi connectivity index (χ3n) is 9.28. The van der Waals surface area contributed by atoms with Crippen molar-refractivity contribution in [3.63, 3.8) is 0 Å². The number of hydrogen-bond donors (Lipinski definition) is 2. The summed E-state index contributed by atoms with van der Waals surface area (Å²) in [7, 11) is 0. The molecule has 0 aromatic heterocycles. The molecule has 4 heterocycles. The molecule has 0 bridgehead atoms. The van der Waals surface area contributed by atoms with Gasteiger partial charge in [-0.15, -0.1) is 0 Å². The zero-order chi connectivity index (χ0) is 24.4. The number of nitrogens with one attached hydrogen (secondary N) is 1. The molecule has 9 nitrogen and oxygen atoms in total. The molecule has 9 heteroatoms. The molecule has 1 aliphatic carbocycles. The van der Waals surface area contributed by atoms with E-state index in [1.807, 2.05) is 13.8 Å². The molecule has 0 unspecified atom stereocenters. The molecule has 4 aliphatic heterocycles. The van der Waals surface area contributed by atoms with Crippen LogP contribution in [-0.2, 0) is 19.1 Å². The Balaban J connectivity index is 1.16. The number of rotatable bonds is 3. The fourth-order valence-corrected chi connectivity index (χ4v) is 6.85. The number of aliphatic hydroxyl groups is 1. The summed E-state index contributed by atoms with van der Waals surface area (Å²) in [6.45, 7) is 7.64. The average molecular weight is 478 g/mol. The van der Waals surface area contributed by atoms with Gasteiger partial charge in [-0.25, -0.2) is 4.79 Å². The van der Waals surface area contributed by atoms with E-state index in [4.69, 9.17) is 9.47 Å². The topological polar surface area (TPSA) is 108 Å². The standard InChI is InChI=1S/C25H39N3O6/c1-22(2)17(29)6-9-23(3,34-22)18-14-24(16-33-18)10-12-27(13-11-24)19(30)15-28-20(31)25(26-21(28)32)7-4-5-8-25/h17-18,29H,4-16H2,1-3H3,(H,26,32)/t17-,18+,23+/m0/s1. The maximum Gasteiger partial charge on any atom is 0.325 e. The van der Waals surface area contributed by atoms with Gasteiger partial charge in [-0.1, -0.05) is 12.8 Å². The van der Waals surface area contributed by atoms with E-state index < -0.39 is 28.9 Å². The van der Waals surface area contributed by atoms with Crippen molar-refractivity contribution < 1.29 is 29.0 Å². The largest absolute Gasteiger partial charge is 0.390 e. The predicted molar refractivity (Wildman–Crippen MR) is 123 cm³/mol. The minimum absolute atomic E-state index is 0.0166.